The van der Waals surface area contributed by atoms with Gasteiger partial charge in [-0.25, -0.2) is 4.79 Å². The smallest absolute Gasteiger partial charge is 0.331 e. The summed E-state index contributed by atoms with van der Waals surface area (Å²) in [5.74, 6) is -3.85. The van der Waals surface area contributed by atoms with Crippen molar-refractivity contribution in [2.24, 2.45) is 29.1 Å². The maximum atomic E-state index is 13.3. The third-order valence-electron chi connectivity index (χ3n) is 11.9. The molecule has 8 heteroatoms. The fraction of sp³-hybridized carbons (Fsp3) is 0.722. The second kappa shape index (κ2) is 11.9. The summed E-state index contributed by atoms with van der Waals surface area (Å²) in [5, 5.41) is 46.1. The lowest BCUT2D eigenvalue weighted by Crippen LogP contribution is -2.65. The summed E-state index contributed by atoms with van der Waals surface area (Å²) >= 11 is 0. The highest BCUT2D eigenvalue weighted by molar-refractivity contribution is 6.05. The van der Waals surface area contributed by atoms with Crippen LogP contribution < -0.4 is 0 Å². The molecule has 0 bridgehead atoms. The van der Waals surface area contributed by atoms with E-state index in [9.17, 15) is 30.0 Å². The van der Waals surface area contributed by atoms with Crippen LogP contribution in [0.15, 0.2) is 48.1 Å². The Morgan fingerprint density at radius 3 is 2.41 bits per heavy atom. The number of aliphatic hydroxyl groups excluding tert-OH is 2. The Morgan fingerprint density at radius 1 is 1.07 bits per heavy atom. The average molecular weight is 613 g/mol. The molecular formula is C36H52O8. The molecular weight excluding hydrogens is 560 g/mol. The van der Waals surface area contributed by atoms with Crippen molar-refractivity contribution in [2.45, 2.75) is 127 Å². The quantitative estimate of drug-likeness (QED) is 0.0785. The Balaban J connectivity index is 1.26. The second-order valence-electron chi connectivity index (χ2n) is 14.6. The Morgan fingerprint density at radius 2 is 1.73 bits per heavy atom. The summed E-state index contributed by atoms with van der Waals surface area (Å²) in [6.45, 7) is 8.97. The summed E-state index contributed by atoms with van der Waals surface area (Å²) in [7, 11) is 0. The number of Topliss-reactive ketones (excluding diaryl/α,β-unsaturated/α-hetero) is 1. The average Bonchev–Trinajstić information content (AvgIpc) is 3.80. The molecule has 2 unspecified atom stereocenters. The summed E-state index contributed by atoms with van der Waals surface area (Å²) in [5.41, 5.74) is -6.77. The van der Waals surface area contributed by atoms with Crippen LogP contribution in [0.5, 0.6) is 0 Å². The number of carbonyl (C=O) groups is 2. The minimum Gasteiger partial charge on any atom is -0.455 e. The van der Waals surface area contributed by atoms with Crippen LogP contribution in [0.3, 0.4) is 0 Å². The summed E-state index contributed by atoms with van der Waals surface area (Å²) < 4.78 is 12.2. The van der Waals surface area contributed by atoms with Crippen LogP contribution in [0.2, 0.25) is 0 Å². The summed E-state index contributed by atoms with van der Waals surface area (Å²) in [6.07, 6.45) is 20.2. The number of hydrogen-bond donors (Lipinski definition) is 4. The van der Waals surface area contributed by atoms with Gasteiger partial charge in [-0.1, -0.05) is 103 Å². The first-order chi connectivity index (χ1) is 20.8. The molecule has 8 nitrogen and oxygen atoms in total. The molecule has 0 aromatic rings. The van der Waals surface area contributed by atoms with Crippen LogP contribution >= 0.6 is 0 Å². The number of ether oxygens (including phenoxy) is 2. The Kier molecular flexibility index (Phi) is 9.01. The van der Waals surface area contributed by atoms with Gasteiger partial charge in [0, 0.05) is 29.2 Å². The molecule has 5 rings (SSSR count). The first kappa shape index (κ1) is 33.3. The van der Waals surface area contributed by atoms with Gasteiger partial charge in [-0.05, 0) is 37.7 Å². The highest BCUT2D eigenvalue weighted by atomic mass is 16.6. The van der Waals surface area contributed by atoms with E-state index < -0.39 is 76.1 Å². The molecule has 0 aromatic heterocycles. The second-order valence-corrected chi connectivity index (χ2v) is 14.6. The highest BCUT2D eigenvalue weighted by Crippen LogP contribution is 2.79. The zero-order valence-electron chi connectivity index (χ0n) is 27.0. The topological polar surface area (TPSA) is 137 Å². The zero-order valence-corrected chi connectivity index (χ0v) is 27.0. The number of epoxide rings is 1. The number of hydrogen-bond acceptors (Lipinski definition) is 8. The SMILES string of the molecule is CCCCCCCCC/C=C/C=C/C=C/C(=O)O[C@@]12C[C@@H](C)[C@@]3(O)C(C4O[C@]4(CO)[C@@H](O)[C@]4(O)C(=O)C(C)=C[C@H]43)[C@@H]1C2(C)C. The minimum atomic E-state index is -2.33. The number of allylic oxidation sites excluding steroid dienone is 5. The molecule has 4 aliphatic carbocycles. The first-order valence-electron chi connectivity index (χ1n) is 16.7. The van der Waals surface area contributed by atoms with Crippen LogP contribution in [0.1, 0.15) is 92.4 Å². The molecule has 1 aliphatic heterocycles. The molecule has 4 fully saturated rings. The normalized spacial score (nSPS) is 43.4. The van der Waals surface area contributed by atoms with Crippen molar-refractivity contribution >= 4 is 11.8 Å². The van der Waals surface area contributed by atoms with E-state index in [4.69, 9.17) is 9.47 Å². The number of rotatable bonds is 13. The molecule has 10 atom stereocenters. The van der Waals surface area contributed by atoms with Crippen molar-refractivity contribution in [1.82, 2.24) is 0 Å². The van der Waals surface area contributed by atoms with E-state index in [1.165, 1.54) is 51.0 Å². The number of unbranched alkanes of at least 4 members (excludes halogenated alkanes) is 7. The van der Waals surface area contributed by atoms with E-state index in [-0.39, 0.29) is 11.5 Å². The first-order valence-corrected chi connectivity index (χ1v) is 16.7. The van der Waals surface area contributed by atoms with Crippen molar-refractivity contribution in [3.05, 3.63) is 48.1 Å². The largest absolute Gasteiger partial charge is 0.455 e. The number of ketones is 1. The van der Waals surface area contributed by atoms with E-state index in [0.29, 0.717) is 6.42 Å². The highest BCUT2D eigenvalue weighted by Gasteiger charge is 2.90. The molecule has 0 radical (unpaired) electrons. The zero-order chi connectivity index (χ0) is 32.1. The van der Waals surface area contributed by atoms with E-state index in [0.717, 1.165) is 6.42 Å². The molecule has 244 valence electrons. The number of fused-ring (bicyclic) bond motifs is 7. The van der Waals surface area contributed by atoms with Gasteiger partial charge in [-0.2, -0.15) is 0 Å². The Hall–Kier alpha value is -2.10. The molecule has 3 saturated carbocycles. The van der Waals surface area contributed by atoms with Gasteiger partial charge in [-0.15, -0.1) is 0 Å². The molecule has 0 aromatic carbocycles. The van der Waals surface area contributed by atoms with Gasteiger partial charge >= 0.3 is 5.97 Å². The van der Waals surface area contributed by atoms with Crippen molar-refractivity contribution in [3.63, 3.8) is 0 Å². The minimum absolute atomic E-state index is 0.257. The maximum Gasteiger partial charge on any atom is 0.331 e. The van der Waals surface area contributed by atoms with Crippen LogP contribution in [-0.4, -0.2) is 73.4 Å². The van der Waals surface area contributed by atoms with Crippen molar-refractivity contribution in [3.8, 4) is 0 Å². The summed E-state index contributed by atoms with van der Waals surface area (Å²) in [4.78, 5) is 26.4. The predicted octanol–water partition coefficient (Wildman–Crippen LogP) is 4.50. The van der Waals surface area contributed by atoms with Crippen LogP contribution in [0, 0.1) is 29.1 Å². The lowest BCUT2D eigenvalue weighted by molar-refractivity contribution is -0.214. The summed E-state index contributed by atoms with van der Waals surface area (Å²) in [6, 6.07) is 0. The molecule has 1 saturated heterocycles. The van der Waals surface area contributed by atoms with Crippen molar-refractivity contribution < 1.29 is 39.5 Å². The fourth-order valence-corrected chi connectivity index (χ4v) is 9.31. The third-order valence-corrected chi connectivity index (χ3v) is 11.9. The van der Waals surface area contributed by atoms with Gasteiger partial charge < -0.3 is 29.9 Å². The van der Waals surface area contributed by atoms with Gasteiger partial charge in [-0.3, -0.25) is 4.79 Å². The standard InChI is InChI=1S/C36H52O8/c1-6-7-8-9-10-11-12-13-14-15-16-17-18-19-26(38)43-34-21-24(3)35(41)25-20-23(2)29(39)36(25,42)31(40)33(22-37)30(44-33)27(35)28(34)32(34,4)5/h14-20,24-25,27-28,30-31,37,40-42H,6-13,21-22H2,1-5H3/b15-14+,17-16+,19-18+/t24-,25+,27?,28-,30?,31-,33+,34+,35+,36-/m1/s1. The maximum absolute atomic E-state index is 13.3. The number of carbonyl (C=O) groups excluding carboxylic acids is 2. The molecule has 4 N–H and O–H groups in total. The molecule has 1 heterocycles. The molecule has 44 heavy (non-hydrogen) atoms. The van der Waals surface area contributed by atoms with Gasteiger partial charge in [0.2, 0.25) is 0 Å². The Bertz CT molecular complexity index is 1250. The number of esters is 1. The van der Waals surface area contributed by atoms with Crippen LogP contribution in [0.4, 0.5) is 0 Å². The predicted molar refractivity (Wildman–Crippen MR) is 166 cm³/mol. The van der Waals surface area contributed by atoms with E-state index in [2.05, 4.69) is 13.0 Å². The fourth-order valence-electron chi connectivity index (χ4n) is 9.31. The lowest BCUT2D eigenvalue weighted by Gasteiger charge is -2.51. The van der Waals surface area contributed by atoms with Crippen LogP contribution in [0.25, 0.3) is 0 Å². The van der Waals surface area contributed by atoms with E-state index >= 15 is 0 Å². The third kappa shape index (κ3) is 4.82. The van der Waals surface area contributed by atoms with Crippen LogP contribution in [-0.2, 0) is 19.1 Å². The van der Waals surface area contributed by atoms with Gasteiger partial charge in [0.05, 0.1) is 18.3 Å². The Labute approximate surface area is 261 Å². The monoisotopic (exact) mass is 612 g/mol. The van der Waals surface area contributed by atoms with Gasteiger partial charge in [0.15, 0.2) is 11.4 Å². The van der Waals surface area contributed by atoms with E-state index in [1.807, 2.05) is 32.9 Å². The van der Waals surface area contributed by atoms with E-state index in [1.54, 1.807) is 25.2 Å². The van der Waals surface area contributed by atoms with Gasteiger partial charge in [0.1, 0.15) is 17.3 Å². The molecule has 0 amide bonds. The lowest BCUT2D eigenvalue weighted by atomic mass is 9.59. The van der Waals surface area contributed by atoms with Gasteiger partial charge in [0.25, 0.3) is 0 Å². The van der Waals surface area contributed by atoms with Crippen molar-refractivity contribution in [1.29, 1.82) is 0 Å². The molecule has 0 spiro atoms. The van der Waals surface area contributed by atoms with Crippen molar-refractivity contribution in [2.75, 3.05) is 6.61 Å². The number of aliphatic hydroxyl groups is 4. The molecule has 5 aliphatic rings.